The van der Waals surface area contributed by atoms with Gasteiger partial charge in [-0.25, -0.2) is 9.78 Å². The normalized spacial score (nSPS) is 21.9. The number of nitrogens with zero attached hydrogens (tertiary/aromatic N) is 1. The van der Waals surface area contributed by atoms with Crippen LogP contribution < -0.4 is 5.56 Å². The third-order valence-corrected chi connectivity index (χ3v) is 3.36. The average molecular weight is 282 g/mol. The lowest BCUT2D eigenvalue weighted by molar-refractivity contribution is 0.00862. The Morgan fingerprint density at radius 3 is 2.90 bits per heavy atom. The molecule has 2 heterocycles. The largest absolute Gasteiger partial charge is 0.461 e. The number of carbonyl (C=O) groups excluding carboxylic acids is 1. The molecule has 0 spiro atoms. The number of hydrogen-bond acceptors (Lipinski definition) is 6. The van der Waals surface area contributed by atoms with Crippen LogP contribution >= 0.6 is 0 Å². The summed E-state index contributed by atoms with van der Waals surface area (Å²) >= 11 is 0. The molecule has 7 nitrogen and oxygen atoms in total. The summed E-state index contributed by atoms with van der Waals surface area (Å²) in [5.41, 5.74) is -1.50. The minimum absolute atomic E-state index is 0.0891. The fourth-order valence-corrected chi connectivity index (χ4v) is 2.23. The van der Waals surface area contributed by atoms with Gasteiger partial charge in [0.05, 0.1) is 18.8 Å². The molecule has 1 unspecified atom stereocenters. The lowest BCUT2D eigenvalue weighted by atomic mass is 10.0. The van der Waals surface area contributed by atoms with E-state index in [-0.39, 0.29) is 17.9 Å². The molecular weight excluding hydrogens is 264 g/mol. The molecule has 0 aliphatic carbocycles. The van der Waals surface area contributed by atoms with Gasteiger partial charge < -0.3 is 19.6 Å². The first-order valence-corrected chi connectivity index (χ1v) is 6.57. The lowest BCUT2D eigenvalue weighted by Gasteiger charge is -2.22. The van der Waals surface area contributed by atoms with E-state index in [0.717, 1.165) is 6.42 Å². The van der Waals surface area contributed by atoms with Gasteiger partial charge in [-0.1, -0.05) is 0 Å². The quantitative estimate of drug-likeness (QED) is 0.778. The lowest BCUT2D eigenvalue weighted by Crippen LogP contribution is -2.31. The monoisotopic (exact) mass is 282 g/mol. The zero-order chi connectivity index (χ0) is 14.8. The van der Waals surface area contributed by atoms with E-state index in [1.807, 2.05) is 6.92 Å². The maximum Gasteiger partial charge on any atom is 0.357 e. The molecule has 0 bridgehead atoms. The second kappa shape index (κ2) is 5.72. The van der Waals surface area contributed by atoms with Crippen LogP contribution in [0.3, 0.4) is 0 Å². The van der Waals surface area contributed by atoms with Crippen molar-refractivity contribution < 1.29 is 19.4 Å². The third-order valence-electron chi connectivity index (χ3n) is 3.36. The van der Waals surface area contributed by atoms with Crippen LogP contribution in [-0.4, -0.2) is 34.3 Å². The molecule has 1 atom stereocenters. The molecule has 0 radical (unpaired) electrons. The first kappa shape index (κ1) is 14.7. The van der Waals surface area contributed by atoms with Gasteiger partial charge in [0.15, 0.2) is 5.69 Å². The van der Waals surface area contributed by atoms with E-state index < -0.39 is 23.7 Å². The first-order chi connectivity index (χ1) is 9.51. The van der Waals surface area contributed by atoms with E-state index in [9.17, 15) is 14.7 Å². The number of carbonyl (C=O) groups is 1. The second-order valence-electron chi connectivity index (χ2n) is 4.80. The fourth-order valence-electron chi connectivity index (χ4n) is 2.23. The van der Waals surface area contributed by atoms with Crippen LogP contribution in [0.25, 0.3) is 0 Å². The number of aliphatic hydroxyl groups excluding tert-OH is 1. The van der Waals surface area contributed by atoms with E-state index in [2.05, 4.69) is 9.97 Å². The molecule has 1 aromatic rings. The van der Waals surface area contributed by atoms with Crippen molar-refractivity contribution in [2.75, 3.05) is 13.2 Å². The molecule has 1 aliphatic rings. The highest BCUT2D eigenvalue weighted by Gasteiger charge is 2.36. The molecule has 110 valence electrons. The number of aromatic nitrogens is 2. The summed E-state index contributed by atoms with van der Waals surface area (Å²) in [4.78, 5) is 30.6. The number of H-pyrrole nitrogens is 1. The summed E-state index contributed by atoms with van der Waals surface area (Å²) < 4.78 is 10.5. The van der Waals surface area contributed by atoms with Gasteiger partial charge in [-0.2, -0.15) is 0 Å². The smallest absolute Gasteiger partial charge is 0.357 e. The number of esters is 1. The Morgan fingerprint density at radius 2 is 2.35 bits per heavy atom. The van der Waals surface area contributed by atoms with Crippen LogP contribution in [-0.2, 0) is 21.7 Å². The number of ether oxygens (including phenoxy) is 2. The van der Waals surface area contributed by atoms with Crippen molar-refractivity contribution in [3.8, 4) is 0 Å². The van der Waals surface area contributed by atoms with Gasteiger partial charge in [0.1, 0.15) is 11.4 Å². The summed E-state index contributed by atoms with van der Waals surface area (Å²) in [6.07, 6.45) is 1.56. The number of aliphatic hydroxyl groups is 1. The minimum atomic E-state index is -0.717. The van der Waals surface area contributed by atoms with E-state index in [4.69, 9.17) is 9.47 Å². The minimum Gasteiger partial charge on any atom is -0.461 e. The van der Waals surface area contributed by atoms with Gasteiger partial charge in [0.2, 0.25) is 0 Å². The van der Waals surface area contributed by atoms with E-state index in [0.29, 0.717) is 18.9 Å². The van der Waals surface area contributed by atoms with E-state index >= 15 is 0 Å². The SMILES string of the molecule is CCOC(=O)c1nc(C2(C)CCCO2)[nH]c(=O)c1CO. The van der Waals surface area contributed by atoms with Gasteiger partial charge in [-0.3, -0.25) is 4.79 Å². The predicted molar refractivity (Wildman–Crippen MR) is 69.3 cm³/mol. The van der Waals surface area contributed by atoms with Crippen molar-refractivity contribution in [3.63, 3.8) is 0 Å². The summed E-state index contributed by atoms with van der Waals surface area (Å²) in [7, 11) is 0. The molecule has 0 saturated carbocycles. The van der Waals surface area contributed by atoms with E-state index in [1.54, 1.807) is 6.92 Å². The second-order valence-corrected chi connectivity index (χ2v) is 4.80. The summed E-state index contributed by atoms with van der Waals surface area (Å²) in [6, 6.07) is 0. The molecule has 1 aromatic heterocycles. The first-order valence-electron chi connectivity index (χ1n) is 6.57. The highest BCUT2D eigenvalue weighted by molar-refractivity contribution is 5.88. The van der Waals surface area contributed by atoms with Crippen molar-refractivity contribution in [2.45, 2.75) is 38.9 Å². The summed E-state index contributed by atoms with van der Waals surface area (Å²) in [5, 5.41) is 9.24. The number of rotatable bonds is 4. The number of nitrogens with one attached hydrogen (secondary N) is 1. The molecule has 7 heteroatoms. The van der Waals surface area contributed by atoms with Crippen molar-refractivity contribution in [3.05, 3.63) is 27.4 Å². The van der Waals surface area contributed by atoms with Crippen molar-refractivity contribution in [2.24, 2.45) is 0 Å². The molecule has 2 N–H and O–H groups in total. The molecule has 0 amide bonds. The van der Waals surface area contributed by atoms with Crippen molar-refractivity contribution >= 4 is 5.97 Å². The Hall–Kier alpha value is -1.73. The highest BCUT2D eigenvalue weighted by atomic mass is 16.5. The highest BCUT2D eigenvalue weighted by Crippen LogP contribution is 2.33. The molecule has 2 rings (SSSR count). The Bertz CT molecular complexity index is 560. The van der Waals surface area contributed by atoms with Crippen LogP contribution in [0.15, 0.2) is 4.79 Å². The van der Waals surface area contributed by atoms with Gasteiger partial charge in [-0.05, 0) is 26.7 Å². The Morgan fingerprint density at radius 1 is 1.60 bits per heavy atom. The maximum absolute atomic E-state index is 12.0. The van der Waals surface area contributed by atoms with Gasteiger partial charge in [0.25, 0.3) is 5.56 Å². The zero-order valence-corrected chi connectivity index (χ0v) is 11.6. The van der Waals surface area contributed by atoms with E-state index in [1.165, 1.54) is 0 Å². The average Bonchev–Trinajstić information content (AvgIpc) is 2.86. The number of aromatic amines is 1. The molecular formula is C13H18N2O5. The molecule has 20 heavy (non-hydrogen) atoms. The summed E-state index contributed by atoms with van der Waals surface area (Å²) in [5.74, 6) is -0.425. The molecule has 1 aliphatic heterocycles. The Kier molecular flexibility index (Phi) is 4.20. The third kappa shape index (κ3) is 2.59. The van der Waals surface area contributed by atoms with Crippen molar-refractivity contribution in [1.82, 2.24) is 9.97 Å². The number of hydrogen-bond donors (Lipinski definition) is 2. The molecule has 1 saturated heterocycles. The Labute approximate surface area is 115 Å². The zero-order valence-electron chi connectivity index (χ0n) is 11.6. The fraction of sp³-hybridized carbons (Fsp3) is 0.615. The molecule has 0 aromatic carbocycles. The van der Waals surface area contributed by atoms with Crippen LogP contribution in [0, 0.1) is 0 Å². The standard InChI is InChI=1S/C13H18N2O5/c1-3-19-11(18)9-8(7-16)10(17)15-12(14-9)13(2)5-4-6-20-13/h16H,3-7H2,1-2H3,(H,14,15,17). The van der Waals surface area contributed by atoms with Crippen LogP contribution in [0.2, 0.25) is 0 Å². The topological polar surface area (TPSA) is 102 Å². The summed E-state index contributed by atoms with van der Waals surface area (Å²) in [6.45, 7) is 3.64. The van der Waals surface area contributed by atoms with Gasteiger partial charge >= 0.3 is 5.97 Å². The van der Waals surface area contributed by atoms with Crippen molar-refractivity contribution in [1.29, 1.82) is 0 Å². The maximum atomic E-state index is 12.0. The van der Waals surface area contributed by atoms with Crippen LogP contribution in [0.5, 0.6) is 0 Å². The van der Waals surface area contributed by atoms with Gasteiger partial charge in [-0.15, -0.1) is 0 Å². The molecule has 1 fully saturated rings. The van der Waals surface area contributed by atoms with Gasteiger partial charge in [0, 0.05) is 6.61 Å². The Balaban J connectivity index is 2.51. The predicted octanol–water partition coefficient (Wildman–Crippen LogP) is 0.465. The van der Waals surface area contributed by atoms with Crippen LogP contribution in [0.1, 0.15) is 48.6 Å². The van der Waals surface area contributed by atoms with Crippen LogP contribution in [0.4, 0.5) is 0 Å².